The molecule has 80 valence electrons. The van der Waals surface area contributed by atoms with Crippen LogP contribution in [0.3, 0.4) is 0 Å². The molecule has 0 spiro atoms. The summed E-state index contributed by atoms with van der Waals surface area (Å²) >= 11 is 0. The Morgan fingerprint density at radius 3 is 2.57 bits per heavy atom. The molecule has 2 aliphatic rings. The van der Waals surface area contributed by atoms with E-state index >= 15 is 0 Å². The van der Waals surface area contributed by atoms with E-state index in [1.165, 1.54) is 12.8 Å². The highest BCUT2D eigenvalue weighted by Gasteiger charge is 2.33. The predicted octanol–water partition coefficient (Wildman–Crippen LogP) is 0.853. The van der Waals surface area contributed by atoms with E-state index in [2.05, 4.69) is 24.1 Å². The van der Waals surface area contributed by atoms with Crippen molar-refractivity contribution in [3.63, 3.8) is 0 Å². The van der Waals surface area contributed by atoms with Gasteiger partial charge in [0.1, 0.15) is 0 Å². The van der Waals surface area contributed by atoms with Gasteiger partial charge in [0.15, 0.2) is 0 Å². The van der Waals surface area contributed by atoms with Gasteiger partial charge in [-0.15, -0.1) is 0 Å². The van der Waals surface area contributed by atoms with Crippen molar-refractivity contribution in [2.24, 2.45) is 11.8 Å². The summed E-state index contributed by atoms with van der Waals surface area (Å²) in [5, 5.41) is 3.16. The Kier molecular flexibility index (Phi) is 2.77. The van der Waals surface area contributed by atoms with Crippen LogP contribution in [0.1, 0.15) is 26.7 Å². The second kappa shape index (κ2) is 3.89. The van der Waals surface area contributed by atoms with E-state index in [-0.39, 0.29) is 5.92 Å². The number of rotatable bonds is 1. The largest absolute Gasteiger partial charge is 0.340 e. The van der Waals surface area contributed by atoms with Crippen molar-refractivity contribution in [1.82, 2.24) is 10.2 Å². The van der Waals surface area contributed by atoms with E-state index in [4.69, 9.17) is 0 Å². The third-order valence-electron chi connectivity index (χ3n) is 3.55. The van der Waals surface area contributed by atoms with Crippen LogP contribution in [0.5, 0.6) is 0 Å². The topological polar surface area (TPSA) is 32.3 Å². The summed E-state index contributed by atoms with van der Waals surface area (Å²) in [7, 11) is 0. The van der Waals surface area contributed by atoms with Crippen molar-refractivity contribution in [1.29, 1.82) is 0 Å². The van der Waals surface area contributed by atoms with Gasteiger partial charge in [0.05, 0.1) is 5.92 Å². The third-order valence-corrected chi connectivity index (χ3v) is 3.55. The summed E-state index contributed by atoms with van der Waals surface area (Å²) in [6.07, 6.45) is 2.35. The van der Waals surface area contributed by atoms with Crippen molar-refractivity contribution in [3.8, 4) is 0 Å². The lowest BCUT2D eigenvalue weighted by atomic mass is 9.91. The molecular weight excluding hydrogens is 176 g/mol. The van der Waals surface area contributed by atoms with Crippen LogP contribution in [-0.2, 0) is 4.79 Å². The van der Waals surface area contributed by atoms with Crippen molar-refractivity contribution in [2.75, 3.05) is 19.6 Å². The summed E-state index contributed by atoms with van der Waals surface area (Å²) in [6.45, 7) is 7.20. The summed E-state index contributed by atoms with van der Waals surface area (Å²) in [4.78, 5) is 14.1. The van der Waals surface area contributed by atoms with Gasteiger partial charge in [0, 0.05) is 25.7 Å². The van der Waals surface area contributed by atoms with Crippen molar-refractivity contribution in [3.05, 3.63) is 0 Å². The van der Waals surface area contributed by atoms with E-state index in [0.29, 0.717) is 11.9 Å². The molecule has 0 aliphatic carbocycles. The zero-order valence-electron chi connectivity index (χ0n) is 9.12. The Hall–Kier alpha value is -0.570. The van der Waals surface area contributed by atoms with Crippen LogP contribution < -0.4 is 5.32 Å². The molecule has 0 aromatic rings. The first kappa shape index (κ1) is 9.97. The molecule has 2 rings (SSSR count). The average molecular weight is 196 g/mol. The van der Waals surface area contributed by atoms with E-state index in [1.54, 1.807) is 0 Å². The molecule has 0 aromatic heterocycles. The van der Waals surface area contributed by atoms with Crippen molar-refractivity contribution in [2.45, 2.75) is 32.7 Å². The Bertz CT molecular complexity index is 225. The zero-order valence-corrected chi connectivity index (χ0v) is 9.12. The molecule has 3 heteroatoms. The molecule has 0 aromatic carbocycles. The molecule has 14 heavy (non-hydrogen) atoms. The SMILES string of the molecule is CC1CCN(C(=O)C2CNC2)C(C)C1. The number of amides is 1. The van der Waals surface area contributed by atoms with Crippen LogP contribution in [0, 0.1) is 11.8 Å². The molecule has 0 bridgehead atoms. The number of hydrogen-bond acceptors (Lipinski definition) is 2. The monoisotopic (exact) mass is 196 g/mol. The molecule has 2 heterocycles. The maximum absolute atomic E-state index is 12.0. The van der Waals surface area contributed by atoms with E-state index in [1.807, 2.05) is 0 Å². The molecule has 1 N–H and O–H groups in total. The number of piperidine rings is 1. The van der Waals surface area contributed by atoms with Crippen LogP contribution >= 0.6 is 0 Å². The highest BCUT2D eigenvalue weighted by atomic mass is 16.2. The number of carbonyl (C=O) groups is 1. The van der Waals surface area contributed by atoms with Crippen LogP contribution in [0.4, 0.5) is 0 Å². The Morgan fingerprint density at radius 2 is 2.07 bits per heavy atom. The van der Waals surface area contributed by atoms with Crippen LogP contribution in [-0.4, -0.2) is 36.5 Å². The highest BCUT2D eigenvalue weighted by molar-refractivity contribution is 5.80. The first-order valence-corrected chi connectivity index (χ1v) is 5.69. The fourth-order valence-electron chi connectivity index (χ4n) is 2.43. The zero-order chi connectivity index (χ0) is 10.1. The van der Waals surface area contributed by atoms with Gasteiger partial charge in [-0.1, -0.05) is 6.92 Å². The summed E-state index contributed by atoms with van der Waals surface area (Å²) in [6, 6.07) is 0.451. The van der Waals surface area contributed by atoms with E-state index in [9.17, 15) is 4.79 Å². The summed E-state index contributed by atoms with van der Waals surface area (Å²) in [5.74, 6) is 1.43. The third kappa shape index (κ3) is 1.78. The molecule has 0 saturated carbocycles. The first-order valence-electron chi connectivity index (χ1n) is 5.69. The molecule has 2 aliphatic heterocycles. The van der Waals surface area contributed by atoms with Crippen LogP contribution in [0.2, 0.25) is 0 Å². The van der Waals surface area contributed by atoms with Gasteiger partial charge in [0.2, 0.25) is 5.91 Å². The predicted molar refractivity (Wildman–Crippen MR) is 55.9 cm³/mol. The van der Waals surface area contributed by atoms with E-state index in [0.717, 1.165) is 25.6 Å². The van der Waals surface area contributed by atoms with Gasteiger partial charge in [-0.2, -0.15) is 0 Å². The molecule has 0 radical (unpaired) electrons. The lowest BCUT2D eigenvalue weighted by Crippen LogP contribution is -2.55. The molecular formula is C11H20N2O. The van der Waals surface area contributed by atoms with Crippen LogP contribution in [0.25, 0.3) is 0 Å². The number of nitrogens with zero attached hydrogens (tertiary/aromatic N) is 1. The smallest absolute Gasteiger partial charge is 0.228 e. The minimum Gasteiger partial charge on any atom is -0.340 e. The molecule has 2 unspecified atom stereocenters. The van der Waals surface area contributed by atoms with Crippen molar-refractivity contribution < 1.29 is 4.79 Å². The summed E-state index contributed by atoms with van der Waals surface area (Å²) in [5.41, 5.74) is 0. The van der Waals surface area contributed by atoms with Gasteiger partial charge >= 0.3 is 0 Å². The average Bonchev–Trinajstić information content (AvgIpc) is 2.00. The van der Waals surface area contributed by atoms with Gasteiger partial charge < -0.3 is 10.2 Å². The number of likely N-dealkylation sites (tertiary alicyclic amines) is 1. The molecule has 2 saturated heterocycles. The minimum absolute atomic E-state index is 0.269. The molecule has 2 fully saturated rings. The van der Waals surface area contributed by atoms with Gasteiger partial charge in [-0.05, 0) is 25.7 Å². The fourth-order valence-corrected chi connectivity index (χ4v) is 2.43. The standard InChI is InChI=1S/C11H20N2O/c1-8-3-4-13(9(2)5-8)11(14)10-6-12-7-10/h8-10,12H,3-7H2,1-2H3. The van der Waals surface area contributed by atoms with Gasteiger partial charge in [-0.3, -0.25) is 4.79 Å². The number of carbonyl (C=O) groups excluding carboxylic acids is 1. The van der Waals surface area contributed by atoms with Gasteiger partial charge in [-0.25, -0.2) is 0 Å². The second-order valence-electron chi connectivity index (χ2n) is 4.87. The Labute approximate surface area is 85.8 Å². The highest BCUT2D eigenvalue weighted by Crippen LogP contribution is 2.24. The lowest BCUT2D eigenvalue weighted by molar-refractivity contribution is -0.141. The number of hydrogen-bond donors (Lipinski definition) is 1. The quantitative estimate of drug-likeness (QED) is 0.674. The first-order chi connectivity index (χ1) is 6.68. The minimum atomic E-state index is 0.269. The maximum Gasteiger partial charge on any atom is 0.228 e. The molecule has 2 atom stereocenters. The fraction of sp³-hybridized carbons (Fsp3) is 0.909. The number of nitrogens with one attached hydrogen (secondary N) is 1. The van der Waals surface area contributed by atoms with Crippen LogP contribution in [0.15, 0.2) is 0 Å². The summed E-state index contributed by atoms with van der Waals surface area (Å²) < 4.78 is 0. The van der Waals surface area contributed by atoms with Crippen molar-refractivity contribution >= 4 is 5.91 Å². The Balaban J connectivity index is 1.92. The van der Waals surface area contributed by atoms with E-state index < -0.39 is 0 Å². The van der Waals surface area contributed by atoms with Gasteiger partial charge in [0.25, 0.3) is 0 Å². The lowest BCUT2D eigenvalue weighted by Gasteiger charge is -2.40. The molecule has 1 amide bonds. The Morgan fingerprint density at radius 1 is 1.36 bits per heavy atom. The second-order valence-corrected chi connectivity index (χ2v) is 4.87. The molecule has 3 nitrogen and oxygen atoms in total. The normalized spacial score (nSPS) is 34.0. The maximum atomic E-state index is 12.0.